The number of furan rings is 1. The van der Waals surface area contributed by atoms with Crippen LogP contribution in [0.15, 0.2) is 22.6 Å². The molecule has 9 heteroatoms. The Kier molecular flexibility index (Phi) is 3.66. The first-order valence-electron chi connectivity index (χ1n) is 6.32. The third kappa shape index (κ3) is 2.29. The Morgan fingerprint density at radius 3 is 2.55 bits per heavy atom. The highest BCUT2D eigenvalue weighted by Gasteiger charge is 2.36. The van der Waals surface area contributed by atoms with Crippen LogP contribution >= 0.6 is 23.2 Å². The van der Waals surface area contributed by atoms with E-state index in [4.69, 9.17) is 27.6 Å². The van der Waals surface area contributed by atoms with E-state index in [0.717, 1.165) is 4.31 Å². The van der Waals surface area contributed by atoms with Gasteiger partial charge in [-0.25, -0.2) is 12.7 Å². The summed E-state index contributed by atoms with van der Waals surface area (Å²) in [6.07, 6.45) is 0.413. The molecule has 0 atom stereocenters. The molecule has 1 saturated heterocycles. The van der Waals surface area contributed by atoms with Gasteiger partial charge in [0, 0.05) is 12.1 Å². The van der Waals surface area contributed by atoms with Crippen molar-refractivity contribution in [1.82, 2.24) is 0 Å². The van der Waals surface area contributed by atoms with Gasteiger partial charge >= 0.3 is 0 Å². The summed E-state index contributed by atoms with van der Waals surface area (Å²) in [5.41, 5.74) is 0.254. The molecule has 1 aliphatic rings. The molecule has 22 heavy (non-hydrogen) atoms. The first-order valence-corrected chi connectivity index (χ1v) is 8.69. The highest BCUT2D eigenvalue weighted by Crippen LogP contribution is 2.50. The zero-order valence-electron chi connectivity index (χ0n) is 11.1. The molecule has 0 saturated carbocycles. The van der Waals surface area contributed by atoms with Crippen LogP contribution in [0.1, 0.15) is 6.42 Å². The minimum absolute atomic E-state index is 0.0405. The second kappa shape index (κ2) is 5.26. The molecule has 0 amide bonds. The normalized spacial score (nSPS) is 17.1. The Balaban J connectivity index is 2.16. The van der Waals surface area contributed by atoms with Crippen LogP contribution in [0.5, 0.6) is 11.5 Å². The van der Waals surface area contributed by atoms with Gasteiger partial charge in [-0.15, -0.1) is 0 Å². The Hall–Kier alpha value is -1.57. The molecule has 6 nitrogen and oxygen atoms in total. The van der Waals surface area contributed by atoms with Crippen molar-refractivity contribution in [2.24, 2.45) is 0 Å². The molecule has 2 aromatic rings. The Labute approximate surface area is 136 Å². The second-order valence-electron chi connectivity index (χ2n) is 4.78. The van der Waals surface area contributed by atoms with Crippen molar-refractivity contribution >= 4 is 39.1 Å². The SMILES string of the molecule is O=S1(=O)CCCN1c1oc(-c2cccc(Cl)c2Cl)c(O)c1O. The largest absolute Gasteiger partial charge is 0.502 e. The lowest BCUT2D eigenvalue weighted by Gasteiger charge is -2.13. The molecular weight excluding hydrogens is 353 g/mol. The van der Waals surface area contributed by atoms with Gasteiger partial charge in [-0.3, -0.25) is 0 Å². The molecule has 2 N–H and O–H groups in total. The van der Waals surface area contributed by atoms with Crippen molar-refractivity contribution < 1.29 is 23.0 Å². The number of halogens is 2. The maximum atomic E-state index is 11.9. The zero-order valence-corrected chi connectivity index (χ0v) is 13.4. The Morgan fingerprint density at radius 2 is 1.91 bits per heavy atom. The van der Waals surface area contributed by atoms with E-state index in [1.54, 1.807) is 12.1 Å². The number of sulfonamides is 1. The maximum Gasteiger partial charge on any atom is 0.256 e. The van der Waals surface area contributed by atoms with E-state index in [1.807, 2.05) is 0 Å². The van der Waals surface area contributed by atoms with E-state index in [0.29, 0.717) is 6.42 Å². The molecule has 1 aromatic heterocycles. The van der Waals surface area contributed by atoms with Crippen molar-refractivity contribution in [3.8, 4) is 22.8 Å². The molecule has 1 fully saturated rings. The van der Waals surface area contributed by atoms with Crippen LogP contribution < -0.4 is 4.31 Å². The minimum atomic E-state index is -3.56. The number of aromatic hydroxyl groups is 2. The fourth-order valence-electron chi connectivity index (χ4n) is 2.30. The monoisotopic (exact) mass is 363 g/mol. The molecule has 1 aliphatic heterocycles. The summed E-state index contributed by atoms with van der Waals surface area (Å²) in [4.78, 5) is 0. The lowest BCUT2D eigenvalue weighted by atomic mass is 10.1. The second-order valence-corrected chi connectivity index (χ2v) is 7.57. The summed E-state index contributed by atoms with van der Waals surface area (Å²) in [5, 5.41) is 20.4. The first-order chi connectivity index (χ1) is 10.3. The summed E-state index contributed by atoms with van der Waals surface area (Å²) in [7, 11) is -3.56. The van der Waals surface area contributed by atoms with E-state index in [2.05, 4.69) is 0 Å². The topological polar surface area (TPSA) is 91.0 Å². The average Bonchev–Trinajstić information content (AvgIpc) is 2.95. The number of benzene rings is 1. The number of rotatable bonds is 2. The highest BCUT2D eigenvalue weighted by molar-refractivity contribution is 7.93. The predicted molar refractivity (Wildman–Crippen MR) is 83.2 cm³/mol. The van der Waals surface area contributed by atoms with Gasteiger partial charge in [0.15, 0.2) is 5.76 Å². The fraction of sp³-hybridized carbons (Fsp3) is 0.231. The number of anilines is 1. The van der Waals surface area contributed by atoms with Gasteiger partial charge < -0.3 is 14.6 Å². The molecule has 0 unspecified atom stereocenters. The van der Waals surface area contributed by atoms with E-state index in [9.17, 15) is 18.6 Å². The molecule has 1 aromatic carbocycles. The maximum absolute atomic E-state index is 11.9. The Morgan fingerprint density at radius 1 is 1.18 bits per heavy atom. The lowest BCUT2D eigenvalue weighted by Crippen LogP contribution is -2.24. The van der Waals surface area contributed by atoms with Crippen molar-refractivity contribution in [1.29, 1.82) is 0 Å². The van der Waals surface area contributed by atoms with Gasteiger partial charge in [0.1, 0.15) is 0 Å². The summed E-state index contributed by atoms with van der Waals surface area (Å²) >= 11 is 12.0. The van der Waals surface area contributed by atoms with Gasteiger partial charge in [0.2, 0.25) is 21.5 Å². The van der Waals surface area contributed by atoms with Gasteiger partial charge in [0.05, 0.1) is 15.8 Å². The number of hydrogen-bond donors (Lipinski definition) is 2. The Bertz CT molecular complexity index is 846. The molecule has 3 rings (SSSR count). The standard InChI is InChI=1S/C13H11Cl2NO5S/c14-8-4-1-3-7(9(8)15)12-10(17)11(18)13(21-12)16-5-2-6-22(16,19)20/h1,3-4,17-18H,2,5-6H2. The zero-order chi connectivity index (χ0) is 16.1. The molecule has 0 spiro atoms. The van der Waals surface area contributed by atoms with Gasteiger partial charge in [-0.2, -0.15) is 0 Å². The van der Waals surface area contributed by atoms with Crippen molar-refractivity contribution in [3.63, 3.8) is 0 Å². The number of hydrogen-bond acceptors (Lipinski definition) is 5. The van der Waals surface area contributed by atoms with Crippen LogP contribution in [0, 0.1) is 0 Å². The van der Waals surface area contributed by atoms with Crippen molar-refractivity contribution in [2.45, 2.75) is 6.42 Å². The molecule has 118 valence electrons. The van der Waals surface area contributed by atoms with Crippen LogP contribution in [-0.4, -0.2) is 30.9 Å². The molecule has 0 aliphatic carbocycles. The van der Waals surface area contributed by atoms with E-state index in [-0.39, 0.29) is 39.6 Å². The molecular formula is C13H11Cl2NO5S. The average molecular weight is 364 g/mol. The van der Waals surface area contributed by atoms with Gasteiger partial charge in [0.25, 0.3) is 5.88 Å². The number of nitrogens with zero attached hydrogens (tertiary/aromatic N) is 1. The minimum Gasteiger partial charge on any atom is -0.502 e. The molecule has 0 radical (unpaired) electrons. The quantitative estimate of drug-likeness (QED) is 0.854. The van der Waals surface area contributed by atoms with Crippen LogP contribution in [0.25, 0.3) is 11.3 Å². The van der Waals surface area contributed by atoms with Gasteiger partial charge in [-0.05, 0) is 18.6 Å². The summed E-state index contributed by atoms with van der Waals surface area (Å²) in [6, 6.07) is 4.68. The lowest BCUT2D eigenvalue weighted by molar-refractivity contribution is 0.409. The smallest absolute Gasteiger partial charge is 0.256 e. The van der Waals surface area contributed by atoms with E-state index >= 15 is 0 Å². The first kappa shape index (κ1) is 15.3. The van der Waals surface area contributed by atoms with E-state index < -0.39 is 21.5 Å². The van der Waals surface area contributed by atoms with Crippen LogP contribution in [0.3, 0.4) is 0 Å². The summed E-state index contributed by atoms with van der Waals surface area (Å²) in [5.74, 6) is -1.72. The van der Waals surface area contributed by atoms with Crippen LogP contribution in [0.2, 0.25) is 10.0 Å². The summed E-state index contributed by atoms with van der Waals surface area (Å²) in [6.45, 7) is 0.172. The summed E-state index contributed by atoms with van der Waals surface area (Å²) < 4.78 is 30.2. The third-order valence-corrected chi connectivity index (χ3v) is 6.01. The van der Waals surface area contributed by atoms with Crippen LogP contribution in [0.4, 0.5) is 5.88 Å². The third-order valence-electron chi connectivity index (χ3n) is 3.36. The highest BCUT2D eigenvalue weighted by atomic mass is 35.5. The molecule has 2 heterocycles. The fourth-order valence-corrected chi connectivity index (χ4v) is 4.18. The van der Waals surface area contributed by atoms with Crippen LogP contribution in [-0.2, 0) is 10.0 Å². The van der Waals surface area contributed by atoms with Gasteiger partial charge in [-0.1, -0.05) is 29.3 Å². The molecule has 0 bridgehead atoms. The van der Waals surface area contributed by atoms with E-state index in [1.165, 1.54) is 6.07 Å². The van der Waals surface area contributed by atoms with Crippen molar-refractivity contribution in [2.75, 3.05) is 16.6 Å². The predicted octanol–water partition coefficient (Wildman–Crippen LogP) is 3.20. The van der Waals surface area contributed by atoms with Crippen molar-refractivity contribution in [3.05, 3.63) is 28.2 Å².